The Labute approximate surface area is 229 Å². The van der Waals surface area contributed by atoms with Gasteiger partial charge in [-0.3, -0.25) is 19.0 Å². The molecule has 10 nitrogen and oxygen atoms in total. The van der Waals surface area contributed by atoms with E-state index in [0.717, 1.165) is 37.9 Å². The number of pyridine rings is 1. The second kappa shape index (κ2) is 10.9. The number of anilines is 1. The summed E-state index contributed by atoms with van der Waals surface area (Å²) >= 11 is 0. The fourth-order valence-electron chi connectivity index (χ4n) is 5.21. The van der Waals surface area contributed by atoms with Crippen molar-refractivity contribution in [3.05, 3.63) is 53.7 Å². The fraction of sp³-hybridized carbons (Fsp3) is 0.519. The highest BCUT2D eigenvalue weighted by Crippen LogP contribution is 2.51. The molecule has 2 fully saturated rings. The zero-order valence-electron chi connectivity index (χ0n) is 22.5. The van der Waals surface area contributed by atoms with E-state index in [9.17, 15) is 22.8 Å². The lowest BCUT2D eigenvalue weighted by Gasteiger charge is -2.27. The second-order valence-corrected chi connectivity index (χ2v) is 10.8. The summed E-state index contributed by atoms with van der Waals surface area (Å²) in [5, 5.41) is 14.3. The number of carbonyl (C=O) groups is 2. The molecule has 2 aliphatic rings. The Balaban J connectivity index is 1.33. The van der Waals surface area contributed by atoms with Crippen molar-refractivity contribution in [3.8, 4) is 5.88 Å². The third kappa shape index (κ3) is 6.13. The third-order valence-electron chi connectivity index (χ3n) is 7.36. The maximum Gasteiger partial charge on any atom is 0.417 e. The van der Waals surface area contributed by atoms with E-state index < -0.39 is 17.8 Å². The van der Waals surface area contributed by atoms with Crippen molar-refractivity contribution in [2.75, 3.05) is 12.4 Å². The Bertz CT molecular complexity index is 1360. The summed E-state index contributed by atoms with van der Waals surface area (Å²) in [5.41, 5.74) is 0.0376. The molecule has 0 aromatic carbocycles. The van der Waals surface area contributed by atoms with Crippen LogP contribution in [-0.4, -0.2) is 49.5 Å². The summed E-state index contributed by atoms with van der Waals surface area (Å²) in [6.07, 6.45) is 4.76. The minimum atomic E-state index is -4.55. The normalized spacial score (nSPS) is 16.3. The molecule has 13 heteroatoms. The Morgan fingerprint density at radius 3 is 2.42 bits per heavy atom. The number of amides is 2. The van der Waals surface area contributed by atoms with Gasteiger partial charge in [0, 0.05) is 30.2 Å². The first-order valence-electron chi connectivity index (χ1n) is 13.3. The summed E-state index contributed by atoms with van der Waals surface area (Å²) in [5.74, 6) is 0.108. The first-order valence-corrected chi connectivity index (χ1v) is 13.3. The topological polar surface area (TPSA) is 116 Å². The zero-order chi connectivity index (χ0) is 28.6. The summed E-state index contributed by atoms with van der Waals surface area (Å²) < 4.78 is 47.8. The van der Waals surface area contributed by atoms with Crippen LogP contribution in [0.4, 0.5) is 18.9 Å². The van der Waals surface area contributed by atoms with Crippen LogP contribution in [0, 0.1) is 17.8 Å². The van der Waals surface area contributed by atoms with Gasteiger partial charge >= 0.3 is 6.18 Å². The van der Waals surface area contributed by atoms with Gasteiger partial charge < -0.3 is 15.4 Å². The molecular weight excluding hydrogens is 527 g/mol. The standard InChI is InChI=1S/C27H32F3N7O3/c1-15(2)37-21(8-9-32-37)24(38)35-23(22(16-4-5-16)17-6-7-17)25(39)34-20-12-33-36(14-20)13-18-10-19(27(28,29)30)11-31-26(18)40-3/h8-12,14-17,22-23H,4-7,13H2,1-3H3,(H,34,39)(H,35,38)/t23-/m0/s1. The number of nitrogens with zero attached hydrogens (tertiary/aromatic N) is 5. The first kappa shape index (κ1) is 27.7. The largest absolute Gasteiger partial charge is 0.481 e. The monoisotopic (exact) mass is 559 g/mol. The molecule has 3 aromatic rings. The quantitative estimate of drug-likeness (QED) is 0.362. The molecule has 0 saturated heterocycles. The first-order chi connectivity index (χ1) is 19.0. The molecule has 2 N–H and O–H groups in total. The lowest BCUT2D eigenvalue weighted by atomic mass is 9.88. The molecule has 3 aromatic heterocycles. The summed E-state index contributed by atoms with van der Waals surface area (Å²) in [7, 11) is 1.33. The highest BCUT2D eigenvalue weighted by atomic mass is 19.4. The van der Waals surface area contributed by atoms with Crippen molar-refractivity contribution in [1.82, 2.24) is 29.9 Å². The Morgan fingerprint density at radius 2 is 1.82 bits per heavy atom. The van der Waals surface area contributed by atoms with E-state index in [1.54, 1.807) is 16.9 Å². The second-order valence-electron chi connectivity index (χ2n) is 10.8. The summed E-state index contributed by atoms with van der Waals surface area (Å²) in [6.45, 7) is 3.80. The molecule has 2 amide bonds. The number of nitrogens with one attached hydrogen (secondary N) is 2. The minimum Gasteiger partial charge on any atom is -0.481 e. The van der Waals surface area contributed by atoms with E-state index in [1.807, 2.05) is 13.8 Å². The number of hydrogen-bond acceptors (Lipinski definition) is 6. The fourth-order valence-corrected chi connectivity index (χ4v) is 5.21. The molecule has 2 saturated carbocycles. The number of aromatic nitrogens is 5. The molecule has 0 unspecified atom stereocenters. The van der Waals surface area contributed by atoms with E-state index >= 15 is 0 Å². The van der Waals surface area contributed by atoms with E-state index in [4.69, 9.17) is 4.74 Å². The van der Waals surface area contributed by atoms with E-state index in [-0.39, 0.29) is 41.8 Å². The molecule has 214 valence electrons. The third-order valence-corrected chi connectivity index (χ3v) is 7.36. The lowest BCUT2D eigenvalue weighted by Crippen LogP contribution is -2.50. The van der Waals surface area contributed by atoms with Crippen molar-refractivity contribution >= 4 is 17.5 Å². The summed E-state index contributed by atoms with van der Waals surface area (Å²) in [4.78, 5) is 30.7. The van der Waals surface area contributed by atoms with Gasteiger partial charge in [-0.25, -0.2) is 4.98 Å². The van der Waals surface area contributed by atoms with Gasteiger partial charge in [-0.05, 0) is 69.4 Å². The van der Waals surface area contributed by atoms with Gasteiger partial charge in [0.2, 0.25) is 11.8 Å². The molecule has 0 bridgehead atoms. The predicted molar refractivity (Wildman–Crippen MR) is 139 cm³/mol. The highest BCUT2D eigenvalue weighted by molar-refractivity contribution is 6.00. The van der Waals surface area contributed by atoms with Gasteiger partial charge in [0.1, 0.15) is 11.7 Å². The zero-order valence-corrected chi connectivity index (χ0v) is 22.5. The Hall–Kier alpha value is -3.90. The molecule has 1 atom stereocenters. The molecule has 0 radical (unpaired) electrons. The van der Waals surface area contributed by atoms with Gasteiger partial charge in [-0.1, -0.05) is 0 Å². The van der Waals surface area contributed by atoms with Crippen molar-refractivity contribution in [2.24, 2.45) is 17.8 Å². The van der Waals surface area contributed by atoms with Crippen molar-refractivity contribution in [1.29, 1.82) is 0 Å². The smallest absolute Gasteiger partial charge is 0.417 e. The maximum atomic E-state index is 13.6. The minimum absolute atomic E-state index is 0.0230. The van der Waals surface area contributed by atoms with Crippen LogP contribution in [0.25, 0.3) is 0 Å². The predicted octanol–water partition coefficient (Wildman–Crippen LogP) is 4.30. The number of halogens is 3. The maximum absolute atomic E-state index is 13.6. The Morgan fingerprint density at radius 1 is 1.12 bits per heavy atom. The number of methoxy groups -OCH3 is 1. The van der Waals surface area contributed by atoms with E-state index in [2.05, 4.69) is 25.8 Å². The van der Waals surface area contributed by atoms with Crippen LogP contribution in [-0.2, 0) is 17.5 Å². The SMILES string of the molecule is COc1ncc(C(F)(F)F)cc1Cn1cc(NC(=O)[C@@H](NC(=O)c2ccnn2C(C)C)C(C2CC2)C2CC2)cn1. The van der Waals surface area contributed by atoms with E-state index in [0.29, 0.717) is 23.2 Å². The molecule has 5 rings (SSSR count). The van der Waals surface area contributed by atoms with Crippen LogP contribution in [0.1, 0.15) is 67.2 Å². The molecule has 2 aliphatic carbocycles. The molecular formula is C27H32F3N7O3. The van der Waals surface area contributed by atoms with E-state index in [1.165, 1.54) is 24.2 Å². The van der Waals surface area contributed by atoms with Gasteiger partial charge in [0.05, 0.1) is 31.1 Å². The Kier molecular flexibility index (Phi) is 7.56. The van der Waals surface area contributed by atoms with Crippen molar-refractivity contribution in [3.63, 3.8) is 0 Å². The molecule has 0 aliphatic heterocycles. The van der Waals surface area contributed by atoms with Gasteiger partial charge in [0.25, 0.3) is 5.91 Å². The van der Waals surface area contributed by atoms with Gasteiger partial charge in [-0.15, -0.1) is 0 Å². The number of ether oxygens (including phenoxy) is 1. The average Bonchev–Trinajstić information content (AvgIpc) is 3.83. The molecule has 40 heavy (non-hydrogen) atoms. The number of rotatable bonds is 11. The number of carbonyl (C=O) groups excluding carboxylic acids is 2. The van der Waals surface area contributed by atoms with Gasteiger partial charge in [0.15, 0.2) is 0 Å². The highest BCUT2D eigenvalue weighted by Gasteiger charge is 2.48. The van der Waals surface area contributed by atoms with Crippen LogP contribution >= 0.6 is 0 Å². The van der Waals surface area contributed by atoms with Crippen LogP contribution in [0.2, 0.25) is 0 Å². The van der Waals surface area contributed by atoms with Crippen molar-refractivity contribution in [2.45, 2.75) is 64.3 Å². The number of alkyl halides is 3. The van der Waals surface area contributed by atoms with Gasteiger partial charge in [-0.2, -0.15) is 23.4 Å². The number of hydrogen-bond donors (Lipinski definition) is 2. The van der Waals surface area contributed by atoms with Crippen LogP contribution in [0.15, 0.2) is 36.9 Å². The van der Waals surface area contributed by atoms with Crippen LogP contribution in [0.5, 0.6) is 5.88 Å². The lowest BCUT2D eigenvalue weighted by molar-refractivity contribution is -0.137. The molecule has 0 spiro atoms. The molecule has 3 heterocycles. The average molecular weight is 560 g/mol. The van der Waals surface area contributed by atoms with Crippen LogP contribution in [0.3, 0.4) is 0 Å². The van der Waals surface area contributed by atoms with Crippen molar-refractivity contribution < 1.29 is 27.5 Å². The van der Waals surface area contributed by atoms with Crippen LogP contribution < -0.4 is 15.4 Å². The summed E-state index contributed by atoms with van der Waals surface area (Å²) in [6, 6.07) is 1.82.